The van der Waals surface area contributed by atoms with Gasteiger partial charge in [-0.25, -0.2) is 0 Å². The van der Waals surface area contributed by atoms with E-state index in [-0.39, 0.29) is 55.2 Å². The highest BCUT2D eigenvalue weighted by Crippen LogP contribution is 2.21. The van der Waals surface area contributed by atoms with Gasteiger partial charge in [0.25, 0.3) is 11.4 Å². The fourth-order valence-electron chi connectivity index (χ4n) is 7.46. The van der Waals surface area contributed by atoms with Crippen molar-refractivity contribution in [2.45, 2.75) is 120 Å². The maximum Gasteiger partial charge on any atom is 0.269 e. The molecule has 10 heteroatoms. The van der Waals surface area contributed by atoms with Crippen molar-refractivity contribution in [2.75, 3.05) is 14.1 Å². The predicted molar refractivity (Wildman–Crippen MR) is 163 cm³/mol. The molecule has 0 radical (unpaired) electrons. The number of hydrogen-bond donors (Lipinski definition) is 2. The molecule has 8 nitrogen and oxygen atoms in total. The first kappa shape index (κ1) is 37.3. The normalized spacial score (nSPS) is 25.3. The largest absolute Gasteiger partial charge is 1.00 e. The number of likely N-dealkylation sites (N-methyl/N-ethyl adjacent to an activating group) is 2. The highest BCUT2D eigenvalue weighted by molar-refractivity contribution is 5.33. The van der Waals surface area contributed by atoms with Crippen molar-refractivity contribution in [2.24, 2.45) is 0 Å². The van der Waals surface area contributed by atoms with Crippen molar-refractivity contribution in [1.29, 1.82) is 0 Å². The zero-order valence-electron chi connectivity index (χ0n) is 25.8. The van der Waals surface area contributed by atoms with E-state index in [0.717, 1.165) is 24.9 Å². The van der Waals surface area contributed by atoms with E-state index in [1.54, 1.807) is 34.1 Å². The molecule has 43 heavy (non-hydrogen) atoms. The summed E-state index contributed by atoms with van der Waals surface area (Å²) in [6.07, 6.45) is 19.0. The van der Waals surface area contributed by atoms with Crippen LogP contribution < -0.4 is 43.8 Å². The van der Waals surface area contributed by atoms with E-state index in [0.29, 0.717) is 12.1 Å². The quantitative estimate of drug-likeness (QED) is 0.147. The number of nitrogens with zero attached hydrogens (tertiary/aromatic N) is 2. The summed E-state index contributed by atoms with van der Waals surface area (Å²) in [4.78, 5) is 24.5. The van der Waals surface area contributed by atoms with Gasteiger partial charge in [-0.15, -0.1) is 0 Å². The minimum Gasteiger partial charge on any atom is -1.00 e. The van der Waals surface area contributed by atoms with E-state index in [1.807, 2.05) is 24.3 Å². The SMILES string of the molecule is C[NH+]1C(CCCCCCCC2CCCC(Cc3ccc([N+](=O)[O-])cc3)[NH+]2C)CCCC1Cc1ccc([N+](=O)[O-])cc1.[Br-].[Br-]. The van der Waals surface area contributed by atoms with Gasteiger partial charge in [-0.05, 0) is 75.3 Å². The lowest BCUT2D eigenvalue weighted by Gasteiger charge is -2.37. The summed E-state index contributed by atoms with van der Waals surface area (Å²) in [5, 5.41) is 21.9. The molecule has 2 heterocycles. The molecular weight excluding hydrogens is 676 g/mol. The second kappa shape index (κ2) is 18.8. The molecule has 0 aliphatic carbocycles. The molecule has 2 N–H and O–H groups in total. The summed E-state index contributed by atoms with van der Waals surface area (Å²) < 4.78 is 0. The van der Waals surface area contributed by atoms with E-state index in [4.69, 9.17) is 0 Å². The minimum absolute atomic E-state index is 0. The Kier molecular flexibility index (Phi) is 16.3. The number of benzene rings is 2. The number of non-ortho nitro benzene ring substituents is 2. The zero-order valence-corrected chi connectivity index (χ0v) is 29.0. The molecule has 0 amide bonds. The Labute approximate surface area is 278 Å². The number of piperidine rings is 2. The Balaban J connectivity index is 0.00000323. The average molecular weight is 727 g/mol. The van der Waals surface area contributed by atoms with Gasteiger partial charge in [-0.3, -0.25) is 20.2 Å². The molecule has 2 aromatic carbocycles. The predicted octanol–water partition coefficient (Wildman–Crippen LogP) is -1.10. The van der Waals surface area contributed by atoms with Crippen LogP contribution in [0.4, 0.5) is 11.4 Å². The summed E-state index contributed by atoms with van der Waals surface area (Å²) in [5.74, 6) is 0. The van der Waals surface area contributed by atoms with Gasteiger partial charge in [0, 0.05) is 37.1 Å². The fourth-order valence-corrected chi connectivity index (χ4v) is 7.46. The van der Waals surface area contributed by atoms with E-state index < -0.39 is 0 Å². The number of halogens is 2. The second-order valence-corrected chi connectivity index (χ2v) is 12.7. The van der Waals surface area contributed by atoms with Crippen LogP contribution in [0.2, 0.25) is 0 Å². The molecular formula is C33H50Br2N4O4. The summed E-state index contributed by atoms with van der Waals surface area (Å²) in [7, 11) is 4.72. The minimum atomic E-state index is -0.324. The number of quaternary nitrogens is 2. The summed E-state index contributed by atoms with van der Waals surface area (Å²) in [6.45, 7) is 0. The maximum atomic E-state index is 10.9. The number of likely N-dealkylation sites (tertiary alicyclic amines) is 2. The molecule has 240 valence electrons. The third-order valence-corrected chi connectivity index (χ3v) is 10.1. The van der Waals surface area contributed by atoms with Gasteiger partial charge in [0.05, 0.1) is 48.1 Å². The van der Waals surface area contributed by atoms with Gasteiger partial charge in [-0.1, -0.05) is 43.5 Å². The second-order valence-electron chi connectivity index (χ2n) is 12.7. The van der Waals surface area contributed by atoms with Crippen LogP contribution in [0.1, 0.15) is 94.6 Å². The Hall–Kier alpha value is -1.88. The van der Waals surface area contributed by atoms with Gasteiger partial charge in [-0.2, -0.15) is 0 Å². The number of rotatable bonds is 14. The monoisotopic (exact) mass is 724 g/mol. The average Bonchev–Trinajstić information content (AvgIpc) is 2.96. The fraction of sp³-hybridized carbons (Fsp3) is 0.636. The van der Waals surface area contributed by atoms with E-state index in [2.05, 4.69) is 14.1 Å². The lowest BCUT2D eigenvalue weighted by molar-refractivity contribution is -0.937. The van der Waals surface area contributed by atoms with Crippen molar-refractivity contribution in [3.05, 3.63) is 79.9 Å². The lowest BCUT2D eigenvalue weighted by Crippen LogP contribution is -3.17. The topological polar surface area (TPSA) is 95.2 Å². The summed E-state index contributed by atoms with van der Waals surface area (Å²) in [5.41, 5.74) is 2.77. The van der Waals surface area contributed by atoms with E-state index >= 15 is 0 Å². The van der Waals surface area contributed by atoms with Crippen LogP contribution in [0, 0.1) is 20.2 Å². The smallest absolute Gasteiger partial charge is 0.269 e. The van der Waals surface area contributed by atoms with E-state index in [9.17, 15) is 20.2 Å². The van der Waals surface area contributed by atoms with Crippen molar-refractivity contribution in [3.8, 4) is 0 Å². The third-order valence-electron chi connectivity index (χ3n) is 10.1. The summed E-state index contributed by atoms with van der Waals surface area (Å²) in [6, 6.07) is 17.0. The zero-order chi connectivity index (χ0) is 29.2. The molecule has 2 fully saturated rings. The van der Waals surface area contributed by atoms with Gasteiger partial charge >= 0.3 is 0 Å². The van der Waals surface area contributed by atoms with Crippen LogP contribution in [0.15, 0.2) is 48.5 Å². The van der Waals surface area contributed by atoms with E-state index in [1.165, 1.54) is 94.6 Å². The Bertz CT molecular complexity index is 1030. The number of hydrogen-bond acceptors (Lipinski definition) is 4. The van der Waals surface area contributed by atoms with Crippen LogP contribution in [0.25, 0.3) is 0 Å². The first-order chi connectivity index (χ1) is 19.8. The Morgan fingerprint density at radius 3 is 1.26 bits per heavy atom. The number of nitrogens with one attached hydrogen (secondary N) is 2. The highest BCUT2D eigenvalue weighted by Gasteiger charge is 2.32. The molecule has 0 bridgehead atoms. The van der Waals surface area contributed by atoms with Gasteiger partial charge in [0.15, 0.2) is 0 Å². The van der Waals surface area contributed by atoms with Crippen LogP contribution in [0.5, 0.6) is 0 Å². The van der Waals surface area contributed by atoms with Crippen molar-refractivity contribution in [1.82, 2.24) is 0 Å². The molecule has 4 rings (SSSR count). The summed E-state index contributed by atoms with van der Waals surface area (Å²) >= 11 is 0. The molecule has 6 atom stereocenters. The molecule has 2 aliphatic rings. The number of nitro groups is 2. The van der Waals surface area contributed by atoms with Crippen LogP contribution in [0.3, 0.4) is 0 Å². The van der Waals surface area contributed by atoms with Gasteiger partial charge < -0.3 is 43.8 Å². The van der Waals surface area contributed by atoms with Crippen molar-refractivity contribution in [3.63, 3.8) is 0 Å². The van der Waals surface area contributed by atoms with Crippen LogP contribution >= 0.6 is 0 Å². The molecule has 6 unspecified atom stereocenters. The molecule has 2 aliphatic heterocycles. The lowest BCUT2D eigenvalue weighted by atomic mass is 9.89. The Morgan fingerprint density at radius 1 is 0.581 bits per heavy atom. The highest BCUT2D eigenvalue weighted by atomic mass is 79.9. The van der Waals surface area contributed by atoms with Gasteiger partial charge in [0.1, 0.15) is 0 Å². The Morgan fingerprint density at radius 2 is 0.907 bits per heavy atom. The van der Waals surface area contributed by atoms with Crippen LogP contribution in [-0.4, -0.2) is 48.1 Å². The number of unbranched alkanes of at least 4 members (excludes halogenated alkanes) is 4. The molecule has 2 saturated heterocycles. The molecule has 0 spiro atoms. The third kappa shape index (κ3) is 11.2. The van der Waals surface area contributed by atoms with Crippen LogP contribution in [-0.2, 0) is 12.8 Å². The number of nitro benzene ring substituents is 2. The van der Waals surface area contributed by atoms with Crippen molar-refractivity contribution < 1.29 is 53.6 Å². The maximum absolute atomic E-state index is 10.9. The molecule has 0 saturated carbocycles. The molecule has 0 aromatic heterocycles. The van der Waals surface area contributed by atoms with Gasteiger partial charge in [0.2, 0.25) is 0 Å². The first-order valence-electron chi connectivity index (χ1n) is 15.9. The first-order valence-corrected chi connectivity index (χ1v) is 15.9. The molecule has 2 aromatic rings. The standard InChI is InChI=1S/C33H48N4O4.2BrH/c1-34-28(12-8-14-32(34)24-26-16-20-30(21-17-26)36(38)39)10-6-4-3-5-7-11-29-13-9-15-33(35(29)2)25-27-18-22-31(23-19-27)37(40)41;;/h16-23,28-29,32-33H,3-15,24-25H2,1-2H3;2*1H. The van der Waals surface area contributed by atoms with Crippen molar-refractivity contribution >= 4 is 11.4 Å².